The molecule has 0 bridgehead atoms. The molecule has 0 amide bonds. The van der Waals surface area contributed by atoms with Crippen LogP contribution in [0.1, 0.15) is 13.3 Å². The average Bonchev–Trinajstić information content (AvgIpc) is 2.46. The third kappa shape index (κ3) is 3.07. The largest absolute Gasteiger partial charge is 0.388 e. The molecule has 0 fully saturated rings. The van der Waals surface area contributed by atoms with Gasteiger partial charge in [-0.1, -0.05) is 0 Å². The second-order valence-electron chi connectivity index (χ2n) is 3.69. The van der Waals surface area contributed by atoms with Crippen LogP contribution in [0.15, 0.2) is 9.59 Å². The monoisotopic (exact) mass is 217 g/mol. The molecule has 0 aliphatic carbocycles. The first-order valence-corrected chi connectivity index (χ1v) is 4.55. The summed E-state index contributed by atoms with van der Waals surface area (Å²) in [5, 5.41) is 14.1. The Morgan fingerprint density at radius 2 is 1.93 bits per heavy atom. The summed E-state index contributed by atoms with van der Waals surface area (Å²) in [6.45, 7) is 1.85. The minimum absolute atomic E-state index is 0.0615. The van der Waals surface area contributed by atoms with E-state index in [4.69, 9.17) is 4.74 Å². The van der Waals surface area contributed by atoms with E-state index in [9.17, 15) is 14.7 Å². The van der Waals surface area contributed by atoms with Gasteiger partial charge in [-0.05, 0) is 6.92 Å². The maximum atomic E-state index is 11.1. The van der Waals surface area contributed by atoms with Crippen molar-refractivity contribution in [2.24, 2.45) is 0 Å². The van der Waals surface area contributed by atoms with E-state index in [0.29, 0.717) is 13.0 Å². The lowest BCUT2D eigenvalue weighted by molar-refractivity contribution is 0.00861. The second kappa shape index (κ2) is 4.45. The van der Waals surface area contributed by atoms with E-state index in [0.717, 1.165) is 4.57 Å². The van der Waals surface area contributed by atoms with Crippen molar-refractivity contribution in [1.82, 2.24) is 14.8 Å². The highest BCUT2D eigenvalue weighted by Crippen LogP contribution is 2.10. The number of aromatic amines is 2. The van der Waals surface area contributed by atoms with Crippen LogP contribution < -0.4 is 11.4 Å². The fraction of sp³-hybridized carbons (Fsp3) is 0.750. The van der Waals surface area contributed by atoms with Gasteiger partial charge in [-0.25, -0.2) is 24.4 Å². The zero-order valence-corrected chi connectivity index (χ0v) is 8.74. The minimum atomic E-state index is -1.14. The van der Waals surface area contributed by atoms with Crippen molar-refractivity contribution in [3.63, 3.8) is 0 Å². The number of ether oxygens (including phenoxy) is 1. The zero-order chi connectivity index (χ0) is 11.5. The van der Waals surface area contributed by atoms with Crippen LogP contribution in [-0.2, 0) is 11.3 Å². The number of H-pyrrole nitrogens is 2. The molecule has 0 saturated carbocycles. The van der Waals surface area contributed by atoms with Crippen LogP contribution in [0.5, 0.6) is 0 Å². The van der Waals surface area contributed by atoms with Gasteiger partial charge < -0.3 is 9.84 Å². The van der Waals surface area contributed by atoms with Gasteiger partial charge in [-0.2, -0.15) is 0 Å². The normalized spacial score (nSPS) is 15.1. The van der Waals surface area contributed by atoms with E-state index in [1.807, 2.05) is 0 Å². The lowest BCUT2D eigenvalue weighted by atomic mass is 10.0. The molecule has 1 atom stereocenters. The van der Waals surface area contributed by atoms with Gasteiger partial charge in [0.15, 0.2) is 0 Å². The fourth-order valence-corrected chi connectivity index (χ4v) is 1.22. The van der Waals surface area contributed by atoms with E-state index < -0.39 is 17.0 Å². The smallest absolute Gasteiger partial charge is 0.344 e. The van der Waals surface area contributed by atoms with E-state index >= 15 is 0 Å². The average molecular weight is 217 g/mol. The van der Waals surface area contributed by atoms with Gasteiger partial charge >= 0.3 is 11.4 Å². The number of hydrogen-bond acceptors (Lipinski definition) is 4. The topological polar surface area (TPSA) is 100 Å². The molecule has 15 heavy (non-hydrogen) atoms. The summed E-state index contributed by atoms with van der Waals surface area (Å²) in [5.41, 5.74) is -2.26. The number of methoxy groups -OCH3 is 1. The Kier molecular flexibility index (Phi) is 3.48. The lowest BCUT2D eigenvalue weighted by Gasteiger charge is -2.21. The predicted molar refractivity (Wildman–Crippen MR) is 52.8 cm³/mol. The van der Waals surface area contributed by atoms with Gasteiger partial charge in [0.2, 0.25) is 0 Å². The maximum Gasteiger partial charge on any atom is 0.344 e. The highest BCUT2D eigenvalue weighted by Gasteiger charge is 2.22. The van der Waals surface area contributed by atoms with Crippen LogP contribution in [0.25, 0.3) is 0 Å². The van der Waals surface area contributed by atoms with Crippen molar-refractivity contribution in [2.45, 2.75) is 25.5 Å². The number of aromatic nitrogens is 3. The summed E-state index contributed by atoms with van der Waals surface area (Å²) in [6, 6.07) is 0. The van der Waals surface area contributed by atoms with Crippen molar-refractivity contribution >= 4 is 0 Å². The Morgan fingerprint density at radius 1 is 1.40 bits per heavy atom. The lowest BCUT2D eigenvalue weighted by Crippen LogP contribution is -2.39. The third-order valence-electron chi connectivity index (χ3n) is 2.11. The van der Waals surface area contributed by atoms with Crippen molar-refractivity contribution < 1.29 is 9.84 Å². The number of nitrogens with zero attached hydrogens (tertiary/aromatic N) is 1. The molecule has 0 radical (unpaired) electrons. The van der Waals surface area contributed by atoms with Crippen molar-refractivity contribution in [3.8, 4) is 0 Å². The Labute approximate surface area is 85.7 Å². The molecule has 1 heterocycles. The standard InChI is InChI=1S/C8H15N3O4/c1-8(14,3-4-15-2)5-11-6(12)9-10-7(11)13/h14H,3-5H2,1-2H3,(H,9,12)(H,10,13). The molecule has 1 rings (SSSR count). The molecule has 0 aliphatic rings. The molecule has 1 unspecified atom stereocenters. The predicted octanol–water partition coefficient (Wildman–Crippen LogP) is -1.35. The Morgan fingerprint density at radius 3 is 2.40 bits per heavy atom. The molecular formula is C8H15N3O4. The summed E-state index contributed by atoms with van der Waals surface area (Å²) < 4.78 is 5.73. The van der Waals surface area contributed by atoms with Crippen LogP contribution in [-0.4, -0.2) is 39.2 Å². The Hall–Kier alpha value is -1.34. The number of aliphatic hydroxyl groups is 1. The van der Waals surface area contributed by atoms with E-state index in [1.165, 1.54) is 7.11 Å². The molecule has 1 aromatic heterocycles. The van der Waals surface area contributed by atoms with Crippen molar-refractivity contribution in [1.29, 1.82) is 0 Å². The molecule has 7 nitrogen and oxygen atoms in total. The number of rotatable bonds is 5. The first-order chi connectivity index (χ1) is 6.96. The first-order valence-electron chi connectivity index (χ1n) is 4.55. The molecule has 1 aromatic rings. The van der Waals surface area contributed by atoms with Gasteiger partial charge in [0.05, 0.1) is 12.1 Å². The van der Waals surface area contributed by atoms with Gasteiger partial charge in [-0.3, -0.25) is 0 Å². The van der Waals surface area contributed by atoms with E-state index in [1.54, 1.807) is 6.92 Å². The number of hydrogen-bond donors (Lipinski definition) is 3. The summed E-state index contributed by atoms with van der Waals surface area (Å²) in [7, 11) is 1.52. The van der Waals surface area contributed by atoms with Gasteiger partial charge in [0.1, 0.15) is 0 Å². The highest BCUT2D eigenvalue weighted by atomic mass is 16.5. The first kappa shape index (κ1) is 11.7. The Bertz CT molecular complexity index is 387. The second-order valence-corrected chi connectivity index (χ2v) is 3.69. The van der Waals surface area contributed by atoms with E-state index in [2.05, 4.69) is 10.2 Å². The van der Waals surface area contributed by atoms with Crippen LogP contribution in [0.4, 0.5) is 0 Å². The van der Waals surface area contributed by atoms with Gasteiger partial charge in [-0.15, -0.1) is 0 Å². The van der Waals surface area contributed by atoms with Crippen LogP contribution in [0.2, 0.25) is 0 Å². The van der Waals surface area contributed by atoms with Crippen molar-refractivity contribution in [3.05, 3.63) is 21.0 Å². The van der Waals surface area contributed by atoms with Crippen molar-refractivity contribution in [2.75, 3.05) is 13.7 Å². The molecule has 3 N–H and O–H groups in total. The Balaban J connectivity index is 2.77. The van der Waals surface area contributed by atoms with Crippen LogP contribution >= 0.6 is 0 Å². The zero-order valence-electron chi connectivity index (χ0n) is 8.74. The summed E-state index contributed by atoms with van der Waals surface area (Å²) >= 11 is 0. The summed E-state index contributed by atoms with van der Waals surface area (Å²) in [4.78, 5) is 22.3. The molecule has 0 saturated heterocycles. The maximum absolute atomic E-state index is 11.1. The summed E-state index contributed by atoms with van der Waals surface area (Å²) in [5.74, 6) is 0. The third-order valence-corrected chi connectivity index (χ3v) is 2.11. The number of nitrogens with one attached hydrogen (secondary N) is 2. The molecule has 7 heteroatoms. The molecular weight excluding hydrogens is 202 g/mol. The fourth-order valence-electron chi connectivity index (χ4n) is 1.22. The molecule has 0 spiro atoms. The minimum Gasteiger partial charge on any atom is -0.388 e. The van der Waals surface area contributed by atoms with Crippen LogP contribution in [0, 0.1) is 0 Å². The summed E-state index contributed by atoms with van der Waals surface area (Å²) in [6.07, 6.45) is 0.348. The van der Waals surface area contributed by atoms with E-state index in [-0.39, 0.29) is 6.54 Å². The van der Waals surface area contributed by atoms with Gasteiger partial charge in [0.25, 0.3) is 0 Å². The quantitative estimate of drug-likeness (QED) is 0.567. The molecule has 0 aromatic carbocycles. The van der Waals surface area contributed by atoms with Gasteiger partial charge in [0, 0.05) is 20.1 Å². The highest BCUT2D eigenvalue weighted by molar-refractivity contribution is 4.76. The molecule has 86 valence electrons. The molecule has 0 aliphatic heterocycles. The SMILES string of the molecule is COCCC(C)(O)Cn1c(=O)[nH][nH]c1=O. The van der Waals surface area contributed by atoms with Crippen LogP contribution in [0.3, 0.4) is 0 Å².